The van der Waals surface area contributed by atoms with Crippen molar-refractivity contribution < 1.29 is 28.7 Å². The number of ketones is 4. The quantitative estimate of drug-likeness (QED) is 0.0356. The zero-order valence-corrected chi connectivity index (χ0v) is 69.9. The highest BCUT2D eigenvalue weighted by molar-refractivity contribution is 6.11. The van der Waals surface area contributed by atoms with Gasteiger partial charge in [-0.2, -0.15) is 0 Å². The number of ether oxygens (including phenoxy) is 2. The molecule has 0 atom stereocenters. The number of pyridine rings is 8. The van der Waals surface area contributed by atoms with Crippen LogP contribution in [0.1, 0.15) is 119 Å². The number of nitrogens with one attached hydrogen (secondary N) is 5. The van der Waals surface area contributed by atoms with E-state index in [1.165, 1.54) is 43.5 Å². The molecule has 0 unspecified atom stereocenters. The van der Waals surface area contributed by atoms with Crippen LogP contribution in [0.2, 0.25) is 0 Å². The zero-order valence-electron chi connectivity index (χ0n) is 69.9. The SMILES string of the molecule is CC(C)CC(=O)CCc1ccc2c(n1)[nH]c1ccncc12.CC(C)CC(=O)CCc1ccc2c3cnccc3n(C)c2c1.CC(C)CC(=O)COc1ccc(-c2ccc3c(c2)[nH]c2ccccc23)cn1.CC(C)CC(=O)COc1ccc(-c2ccc3c(c2)[nH]c2ccncc23)cn1.CC(C)Nc1ccc(-c2ccc3c(c2)[nH]c2ccncc23)cn1. The van der Waals surface area contributed by atoms with Gasteiger partial charge >= 0.3 is 0 Å². The first-order chi connectivity index (χ1) is 58.1. The molecule has 0 aliphatic heterocycles. The number of para-hydroxylation sites is 1. The molecule has 20 heteroatoms. The predicted octanol–water partition coefficient (Wildman–Crippen LogP) is 22.7. The summed E-state index contributed by atoms with van der Waals surface area (Å²) >= 11 is 0. The third-order valence-electron chi connectivity index (χ3n) is 20.8. The third-order valence-corrected chi connectivity index (χ3v) is 20.8. The Labute approximate surface area is 697 Å². The van der Waals surface area contributed by atoms with Gasteiger partial charge in [-0.05, 0) is 164 Å². The Bertz CT molecular complexity index is 6450. The summed E-state index contributed by atoms with van der Waals surface area (Å²) in [6.45, 7) is 20.8. The molecule has 0 aliphatic carbocycles. The zero-order chi connectivity index (χ0) is 83.9. The molecule has 0 saturated carbocycles. The molecule has 18 aromatic rings. The maximum absolute atomic E-state index is 11.9. The molecule has 608 valence electrons. The molecule has 0 amide bonds. The molecule has 0 spiro atoms. The summed E-state index contributed by atoms with van der Waals surface area (Å²) in [6.07, 6.45) is 25.3. The lowest BCUT2D eigenvalue weighted by Crippen LogP contribution is -2.13. The van der Waals surface area contributed by atoms with E-state index in [0.717, 1.165) is 123 Å². The van der Waals surface area contributed by atoms with Crippen molar-refractivity contribution in [3.63, 3.8) is 0 Å². The van der Waals surface area contributed by atoms with Crippen LogP contribution in [0.5, 0.6) is 11.8 Å². The first-order valence-electron chi connectivity index (χ1n) is 41.3. The molecule has 0 bridgehead atoms. The Kier molecular flexibility index (Phi) is 26.4. The van der Waals surface area contributed by atoms with Gasteiger partial charge in [-0.15, -0.1) is 0 Å². The highest BCUT2D eigenvalue weighted by Crippen LogP contribution is 2.35. The van der Waals surface area contributed by atoms with E-state index in [1.54, 1.807) is 30.9 Å². The number of fused-ring (bicyclic) bond motifs is 15. The van der Waals surface area contributed by atoms with Crippen molar-refractivity contribution in [1.29, 1.82) is 0 Å². The van der Waals surface area contributed by atoms with Crippen LogP contribution in [-0.4, -0.2) is 107 Å². The fourth-order valence-electron chi connectivity index (χ4n) is 15.2. The third kappa shape index (κ3) is 20.7. The highest BCUT2D eigenvalue weighted by atomic mass is 16.5. The molecule has 0 fully saturated rings. The monoisotopic (exact) mass is 1590 g/mol. The molecule has 18 rings (SSSR count). The van der Waals surface area contributed by atoms with Crippen LogP contribution in [0.25, 0.3) is 143 Å². The van der Waals surface area contributed by atoms with Gasteiger partial charge < -0.3 is 39.3 Å². The summed E-state index contributed by atoms with van der Waals surface area (Å²) in [5, 5.41) is 14.9. The van der Waals surface area contributed by atoms with Gasteiger partial charge in [0.2, 0.25) is 11.8 Å². The average molecular weight is 1600 g/mol. The smallest absolute Gasteiger partial charge is 0.213 e. The minimum absolute atomic E-state index is 0.0690. The van der Waals surface area contributed by atoms with Crippen molar-refractivity contribution in [3.05, 3.63) is 249 Å². The molecular weight excluding hydrogens is 1490 g/mol. The normalized spacial score (nSPS) is 11.5. The second kappa shape index (κ2) is 38.2. The molecule has 5 N–H and O–H groups in total. The van der Waals surface area contributed by atoms with Crippen molar-refractivity contribution in [1.82, 2.24) is 64.4 Å². The standard InChI is InChI=1S/C23H22N2O2.C22H21N3O2.C19H18N4.C19H22N2O.C17H19N3O/c1-15(2)11-18(26)14-27-23-10-8-17(13-24-23)16-7-9-20-19-5-3-4-6-21(19)25-22(20)12-16;1-14(2)9-17(26)13-27-22-6-4-16(11-24-22)15-3-5-18-19-12-23-8-7-20(19)25-21(18)10-15;1-12(2)22-19-6-4-14(10-21-19)13-3-5-15-16-11-20-8-7-17(16)23-18(15)9-13;1-13(2)10-15(22)6-4-14-5-7-16-17-12-20-9-8-18(17)21(3)19(16)11-14;1-11(2)9-13(21)5-3-12-4-6-14-15-10-18-8-7-16(15)20-17(14)19-12/h3-10,12-13,15,25H,11,14H2,1-2H3;3-8,10-12,14,25H,9,13H2,1-2H3;3-12,23H,1-2H3,(H,21,22);5,7-9,11-13H,4,6,10H2,1-3H3;4,6-8,10-11H,3,5,9H2,1-2H3,(H,19,20). The van der Waals surface area contributed by atoms with Crippen LogP contribution in [-0.2, 0) is 39.1 Å². The maximum atomic E-state index is 11.9. The van der Waals surface area contributed by atoms with Gasteiger partial charge in [-0.1, -0.05) is 122 Å². The molecule has 0 radical (unpaired) electrons. The number of nitrogens with zero attached hydrogens (tertiary/aromatic N) is 9. The Morgan fingerprint density at radius 3 is 1.27 bits per heavy atom. The van der Waals surface area contributed by atoms with E-state index >= 15 is 0 Å². The first-order valence-corrected chi connectivity index (χ1v) is 41.3. The number of rotatable bonds is 25. The topological polar surface area (TPSA) is 270 Å². The molecule has 13 aromatic heterocycles. The number of carbonyl (C=O) groups is 4. The van der Waals surface area contributed by atoms with Gasteiger partial charge in [0.15, 0.2) is 11.6 Å². The van der Waals surface area contributed by atoms with Crippen LogP contribution < -0.4 is 14.8 Å². The van der Waals surface area contributed by atoms with E-state index in [4.69, 9.17) is 9.47 Å². The van der Waals surface area contributed by atoms with Gasteiger partial charge in [0.05, 0.1) is 11.0 Å². The minimum Gasteiger partial charge on any atom is -0.470 e. The first kappa shape index (κ1) is 82.9. The number of hydrogen-bond acceptors (Lipinski definition) is 15. The van der Waals surface area contributed by atoms with Crippen LogP contribution >= 0.6 is 0 Å². The summed E-state index contributed by atoms with van der Waals surface area (Å²) in [5.74, 6) is 4.26. The highest BCUT2D eigenvalue weighted by Gasteiger charge is 2.17. The van der Waals surface area contributed by atoms with Gasteiger partial charge in [0, 0.05) is 247 Å². The van der Waals surface area contributed by atoms with Gasteiger partial charge in [-0.25, -0.2) is 19.9 Å². The van der Waals surface area contributed by atoms with Crippen molar-refractivity contribution in [2.75, 3.05) is 18.5 Å². The number of hydrogen-bond donors (Lipinski definition) is 5. The lowest BCUT2D eigenvalue weighted by atomic mass is 10.0. The number of carbonyl (C=O) groups excluding carboxylic acids is 4. The van der Waals surface area contributed by atoms with E-state index in [1.807, 2.05) is 132 Å². The fraction of sp³-hybridized carbons (Fsp3) is 0.260. The Balaban J connectivity index is 0.000000123. The number of aryl methyl sites for hydroxylation is 3. The number of Topliss-reactive ketones (excluding diaryl/α,β-unsaturated/α-hetero) is 4. The Hall–Kier alpha value is -13.6. The van der Waals surface area contributed by atoms with Crippen LogP contribution in [0, 0.1) is 23.7 Å². The molecule has 20 nitrogen and oxygen atoms in total. The summed E-state index contributed by atoms with van der Waals surface area (Å²) in [4.78, 5) is 95.4. The second-order valence-corrected chi connectivity index (χ2v) is 32.7. The number of benzene rings is 5. The van der Waals surface area contributed by atoms with Crippen molar-refractivity contribution >= 4 is 138 Å². The van der Waals surface area contributed by atoms with Crippen molar-refractivity contribution in [3.8, 4) is 45.1 Å². The number of anilines is 1. The fourth-order valence-corrected chi connectivity index (χ4v) is 15.2. The second-order valence-electron chi connectivity index (χ2n) is 32.7. The predicted molar refractivity (Wildman–Crippen MR) is 487 cm³/mol. The molecule has 13 heterocycles. The minimum atomic E-state index is 0.0690. The van der Waals surface area contributed by atoms with Crippen LogP contribution in [0.15, 0.2) is 238 Å². The molecule has 5 aromatic carbocycles. The molecule has 0 saturated heterocycles. The summed E-state index contributed by atoms with van der Waals surface area (Å²) in [6, 6.07) is 58.0. The summed E-state index contributed by atoms with van der Waals surface area (Å²) in [5.41, 5.74) is 19.5. The Morgan fingerprint density at radius 2 is 0.775 bits per heavy atom. The largest absolute Gasteiger partial charge is 0.470 e. The van der Waals surface area contributed by atoms with E-state index < -0.39 is 0 Å². The lowest BCUT2D eigenvalue weighted by molar-refractivity contribution is -0.122. The van der Waals surface area contributed by atoms with Gasteiger partial charge in [0.1, 0.15) is 36.2 Å². The number of H-pyrrole nitrogens is 4. The lowest BCUT2D eigenvalue weighted by Gasteiger charge is -2.09. The Morgan fingerprint density at radius 1 is 0.358 bits per heavy atom. The van der Waals surface area contributed by atoms with Crippen LogP contribution in [0.4, 0.5) is 5.82 Å². The van der Waals surface area contributed by atoms with Gasteiger partial charge in [0.25, 0.3) is 0 Å². The number of aromatic nitrogens is 13. The van der Waals surface area contributed by atoms with E-state index in [0.29, 0.717) is 98.0 Å². The summed E-state index contributed by atoms with van der Waals surface area (Å²) < 4.78 is 13.2. The molecular formula is C100H102N14O6. The van der Waals surface area contributed by atoms with E-state index in [-0.39, 0.29) is 24.8 Å². The maximum Gasteiger partial charge on any atom is 0.213 e. The molecule has 0 aliphatic rings. The van der Waals surface area contributed by atoms with Crippen LogP contribution in [0.3, 0.4) is 0 Å². The van der Waals surface area contributed by atoms with E-state index in [2.05, 4.69) is 221 Å². The van der Waals surface area contributed by atoms with Crippen molar-refractivity contribution in [2.24, 2.45) is 30.7 Å². The molecule has 120 heavy (non-hydrogen) atoms. The average Bonchev–Trinajstić information content (AvgIpc) is 1.62. The van der Waals surface area contributed by atoms with Crippen molar-refractivity contribution in [2.45, 2.75) is 127 Å². The van der Waals surface area contributed by atoms with E-state index in [9.17, 15) is 19.2 Å². The number of aromatic amines is 4. The summed E-state index contributed by atoms with van der Waals surface area (Å²) in [7, 11) is 2.08. The van der Waals surface area contributed by atoms with Gasteiger partial charge in [-0.3, -0.25) is 39.1 Å².